The van der Waals surface area contributed by atoms with Gasteiger partial charge >= 0.3 is 5.69 Å². The lowest BCUT2D eigenvalue weighted by molar-refractivity contribution is -0.385. The summed E-state index contributed by atoms with van der Waals surface area (Å²) in [5, 5.41) is 26.5. The van der Waals surface area contributed by atoms with Crippen molar-refractivity contribution in [2.45, 2.75) is 51.2 Å². The van der Waals surface area contributed by atoms with Crippen molar-refractivity contribution >= 4 is 28.8 Å². The van der Waals surface area contributed by atoms with Crippen LogP contribution in [0.2, 0.25) is 0 Å². The highest BCUT2D eigenvalue weighted by Crippen LogP contribution is 2.34. The molecule has 0 radical (unpaired) electrons. The topological polar surface area (TPSA) is 91.7 Å². The van der Waals surface area contributed by atoms with Gasteiger partial charge in [-0.25, -0.2) is 0 Å². The average molecular weight is 393 g/mol. The maximum Gasteiger partial charge on any atom is 0.307 e. The molecule has 0 bridgehead atoms. The summed E-state index contributed by atoms with van der Waals surface area (Å²) in [6.45, 7) is 8.47. The zero-order valence-electron chi connectivity index (χ0n) is 15.0. The fourth-order valence-electron chi connectivity index (χ4n) is 2.77. The second-order valence-electron chi connectivity index (χ2n) is 6.08. The van der Waals surface area contributed by atoms with Gasteiger partial charge in [0.25, 0.3) is 0 Å². The molecule has 26 heavy (non-hydrogen) atoms. The van der Waals surface area contributed by atoms with Crippen LogP contribution in [0.25, 0.3) is 11.4 Å². The van der Waals surface area contributed by atoms with Crippen molar-refractivity contribution in [1.29, 1.82) is 0 Å². The Morgan fingerprint density at radius 1 is 1.38 bits per heavy atom. The van der Waals surface area contributed by atoms with Crippen molar-refractivity contribution in [2.24, 2.45) is 0 Å². The molecule has 8 nitrogen and oxygen atoms in total. The number of aromatic nitrogens is 5. The molecule has 0 aliphatic heterocycles. The third-order valence-electron chi connectivity index (χ3n) is 4.04. The van der Waals surface area contributed by atoms with Crippen molar-refractivity contribution in [3.63, 3.8) is 0 Å². The van der Waals surface area contributed by atoms with Gasteiger partial charge in [-0.05, 0) is 32.8 Å². The predicted molar refractivity (Wildman–Crippen MR) is 103 cm³/mol. The number of hydrogen-bond donors (Lipinski definition) is 0. The van der Waals surface area contributed by atoms with E-state index in [1.165, 1.54) is 39.3 Å². The van der Waals surface area contributed by atoms with Crippen LogP contribution in [0, 0.1) is 17.0 Å². The number of thiophene rings is 1. The zero-order chi connectivity index (χ0) is 18.8. The minimum atomic E-state index is -0.450. The Labute approximate surface area is 159 Å². The maximum absolute atomic E-state index is 10.8. The number of nitrogens with zero attached hydrogens (tertiary/aromatic N) is 6. The second-order valence-corrected chi connectivity index (χ2v) is 8.07. The third kappa shape index (κ3) is 3.51. The first-order valence-corrected chi connectivity index (χ1v) is 10.1. The van der Waals surface area contributed by atoms with Gasteiger partial charge < -0.3 is 0 Å². The van der Waals surface area contributed by atoms with Crippen LogP contribution >= 0.6 is 23.1 Å². The number of thioether (sulfide) groups is 1. The van der Waals surface area contributed by atoms with E-state index in [0.29, 0.717) is 5.88 Å². The van der Waals surface area contributed by atoms with E-state index in [4.69, 9.17) is 0 Å². The normalized spacial score (nSPS) is 11.4. The molecule has 3 aromatic rings. The first-order valence-electron chi connectivity index (χ1n) is 8.24. The van der Waals surface area contributed by atoms with Gasteiger partial charge in [0.15, 0.2) is 11.0 Å². The maximum atomic E-state index is 10.8. The molecule has 138 valence electrons. The van der Waals surface area contributed by atoms with Gasteiger partial charge in [-0.1, -0.05) is 18.7 Å². The summed E-state index contributed by atoms with van der Waals surface area (Å²) in [5.74, 6) is 1.30. The predicted octanol–water partition coefficient (Wildman–Crippen LogP) is 4.31. The van der Waals surface area contributed by atoms with Crippen LogP contribution in [0.3, 0.4) is 0 Å². The number of hydrogen-bond acceptors (Lipinski definition) is 7. The Balaban J connectivity index is 1.88. The molecule has 0 spiro atoms. The van der Waals surface area contributed by atoms with E-state index in [1.54, 1.807) is 11.3 Å². The lowest BCUT2D eigenvalue weighted by Crippen LogP contribution is -2.06. The monoisotopic (exact) mass is 392 g/mol. The van der Waals surface area contributed by atoms with Gasteiger partial charge in [0.1, 0.15) is 12.4 Å². The molecule has 0 unspecified atom stereocenters. The summed E-state index contributed by atoms with van der Waals surface area (Å²) in [5.41, 5.74) is 2.43. The average Bonchev–Trinajstić information content (AvgIpc) is 3.30. The van der Waals surface area contributed by atoms with Crippen molar-refractivity contribution < 1.29 is 4.92 Å². The van der Waals surface area contributed by atoms with E-state index >= 15 is 0 Å². The van der Waals surface area contributed by atoms with E-state index in [9.17, 15) is 10.1 Å². The molecule has 3 rings (SSSR count). The molecule has 0 aliphatic rings. The van der Waals surface area contributed by atoms with Crippen molar-refractivity contribution in [3.05, 3.63) is 38.3 Å². The summed E-state index contributed by atoms with van der Waals surface area (Å²) >= 11 is 3.19. The van der Waals surface area contributed by atoms with Gasteiger partial charge in [0.05, 0.1) is 10.8 Å². The summed E-state index contributed by atoms with van der Waals surface area (Å²) in [6.07, 6.45) is 3.62. The zero-order valence-corrected chi connectivity index (χ0v) is 16.7. The molecule has 0 aliphatic carbocycles. The highest BCUT2D eigenvalue weighted by atomic mass is 32.2. The summed E-state index contributed by atoms with van der Waals surface area (Å²) < 4.78 is 3.65. The van der Waals surface area contributed by atoms with E-state index in [2.05, 4.69) is 52.9 Å². The third-order valence-corrected chi connectivity index (χ3v) is 5.92. The lowest BCUT2D eigenvalue weighted by Gasteiger charge is -2.14. The Kier molecular flexibility index (Phi) is 5.42. The first kappa shape index (κ1) is 18.6. The Morgan fingerprint density at radius 3 is 2.77 bits per heavy atom. The first-order chi connectivity index (χ1) is 12.4. The highest BCUT2D eigenvalue weighted by Gasteiger charge is 2.21. The fraction of sp³-hybridized carbons (Fsp3) is 0.438. The summed E-state index contributed by atoms with van der Waals surface area (Å²) in [6, 6.07) is 0.194. The molecule has 0 aromatic carbocycles. The summed E-state index contributed by atoms with van der Waals surface area (Å²) in [4.78, 5) is 11.6. The van der Waals surface area contributed by atoms with E-state index in [0.717, 1.165) is 23.0 Å². The molecule has 0 amide bonds. The van der Waals surface area contributed by atoms with Gasteiger partial charge in [0.2, 0.25) is 0 Å². The largest absolute Gasteiger partial charge is 0.307 e. The number of aryl methyl sites for hydroxylation is 1. The Hall–Kier alpha value is -2.20. The second kappa shape index (κ2) is 7.58. The molecule has 3 aromatic heterocycles. The molecular formula is C16H20N6O2S2. The molecule has 0 atom stereocenters. The van der Waals surface area contributed by atoms with Crippen LogP contribution in [0.5, 0.6) is 0 Å². The van der Waals surface area contributed by atoms with Crippen LogP contribution < -0.4 is 0 Å². The molecular weight excluding hydrogens is 372 g/mol. The number of rotatable bonds is 7. The van der Waals surface area contributed by atoms with Gasteiger partial charge in [-0.3, -0.25) is 19.4 Å². The molecule has 0 saturated carbocycles. The quantitative estimate of drug-likeness (QED) is 0.338. The van der Waals surface area contributed by atoms with Gasteiger partial charge in [-0.15, -0.1) is 21.5 Å². The molecule has 10 heteroatoms. The Morgan fingerprint density at radius 2 is 2.15 bits per heavy atom. The summed E-state index contributed by atoms with van der Waals surface area (Å²) in [7, 11) is 0. The van der Waals surface area contributed by atoms with Crippen molar-refractivity contribution in [2.75, 3.05) is 0 Å². The minimum Gasteiger partial charge on any atom is -0.299 e. The van der Waals surface area contributed by atoms with Gasteiger partial charge in [-0.2, -0.15) is 5.10 Å². The van der Waals surface area contributed by atoms with Crippen molar-refractivity contribution in [3.8, 4) is 11.4 Å². The highest BCUT2D eigenvalue weighted by molar-refractivity contribution is 7.98. The standard InChI is InChI=1S/C16H20N6O2S2/c1-5-13-11(4)25-8-14(13)15-18-19-16(21(15)10(2)3)26-9-20-7-12(6-17-20)22(23)24/h6-8,10H,5,9H2,1-4H3. The molecule has 0 N–H and O–H groups in total. The molecule has 0 saturated heterocycles. The van der Waals surface area contributed by atoms with Crippen LogP contribution in [0.4, 0.5) is 5.69 Å². The van der Waals surface area contributed by atoms with Crippen LogP contribution in [-0.2, 0) is 12.3 Å². The SMILES string of the molecule is CCc1c(-c2nnc(SCn3cc([N+](=O)[O-])cn3)n2C(C)C)csc1C. The Bertz CT molecular complexity index is 927. The number of nitro groups is 1. The van der Waals surface area contributed by atoms with Crippen LogP contribution in [0.1, 0.15) is 37.3 Å². The van der Waals surface area contributed by atoms with E-state index < -0.39 is 4.92 Å². The van der Waals surface area contributed by atoms with Crippen LogP contribution in [-0.4, -0.2) is 29.5 Å². The lowest BCUT2D eigenvalue weighted by atomic mass is 10.1. The van der Waals surface area contributed by atoms with E-state index in [1.807, 2.05) is 0 Å². The fourth-order valence-corrected chi connectivity index (χ4v) is 4.64. The van der Waals surface area contributed by atoms with Crippen molar-refractivity contribution in [1.82, 2.24) is 24.5 Å². The smallest absolute Gasteiger partial charge is 0.299 e. The minimum absolute atomic E-state index is 0.0158. The van der Waals surface area contributed by atoms with Crippen LogP contribution in [0.15, 0.2) is 22.9 Å². The molecule has 3 heterocycles. The van der Waals surface area contributed by atoms with E-state index in [-0.39, 0.29) is 11.7 Å². The van der Waals surface area contributed by atoms with Gasteiger partial charge in [0, 0.05) is 21.9 Å². The molecule has 0 fully saturated rings.